The highest BCUT2D eigenvalue weighted by molar-refractivity contribution is 14.1. The Balaban J connectivity index is 1.89. The van der Waals surface area contributed by atoms with E-state index in [1.807, 2.05) is 0 Å². The van der Waals surface area contributed by atoms with Crippen LogP contribution in [0.25, 0.3) is 0 Å². The largest absolute Gasteiger partial charge is 0.327 e. The van der Waals surface area contributed by atoms with Crippen molar-refractivity contribution in [2.45, 2.75) is 25.3 Å². The molecule has 0 aromatic carbocycles. The molecule has 1 heterocycles. The summed E-state index contributed by atoms with van der Waals surface area (Å²) in [5.41, 5.74) is 5.93. The number of nitrogens with zero attached hydrogens (tertiary/aromatic N) is 1. The van der Waals surface area contributed by atoms with Crippen LogP contribution in [0.15, 0.2) is 0 Å². The SMILES string of the molecule is N[C@H]1C[C@@H](C2CC2)CN(I)C1. The maximum Gasteiger partial charge on any atom is 0.0233 e. The lowest BCUT2D eigenvalue weighted by molar-refractivity contribution is 0.250. The summed E-state index contributed by atoms with van der Waals surface area (Å²) in [6.45, 7) is 2.36. The normalized spacial score (nSPS) is 40.9. The van der Waals surface area contributed by atoms with Crippen LogP contribution in [-0.4, -0.2) is 22.2 Å². The molecule has 0 aromatic rings. The van der Waals surface area contributed by atoms with E-state index in [2.05, 4.69) is 26.0 Å². The average molecular weight is 266 g/mol. The lowest BCUT2D eigenvalue weighted by atomic mass is 9.92. The second-order valence-electron chi connectivity index (χ2n) is 3.92. The molecule has 2 rings (SSSR count). The summed E-state index contributed by atoms with van der Waals surface area (Å²) in [5, 5.41) is 0. The fourth-order valence-electron chi connectivity index (χ4n) is 2.03. The van der Waals surface area contributed by atoms with Crippen LogP contribution in [0.1, 0.15) is 19.3 Å². The van der Waals surface area contributed by atoms with Gasteiger partial charge >= 0.3 is 0 Å². The molecular weight excluding hydrogens is 251 g/mol. The molecule has 2 atom stereocenters. The number of nitrogens with two attached hydrogens (primary N) is 1. The predicted octanol–water partition coefficient (Wildman–Crippen LogP) is 1.40. The third kappa shape index (κ3) is 2.06. The molecular formula is C8H15IN2. The maximum atomic E-state index is 5.93. The lowest BCUT2D eigenvalue weighted by Gasteiger charge is -2.32. The first-order valence-electron chi connectivity index (χ1n) is 4.42. The Labute approximate surface area is 82.0 Å². The number of halogens is 1. The van der Waals surface area contributed by atoms with Crippen molar-refractivity contribution in [2.24, 2.45) is 17.6 Å². The molecule has 2 fully saturated rings. The van der Waals surface area contributed by atoms with Crippen molar-refractivity contribution in [3.8, 4) is 0 Å². The fraction of sp³-hybridized carbons (Fsp3) is 1.00. The maximum absolute atomic E-state index is 5.93. The van der Waals surface area contributed by atoms with E-state index in [1.165, 1.54) is 25.8 Å². The summed E-state index contributed by atoms with van der Waals surface area (Å²) in [4.78, 5) is 0. The van der Waals surface area contributed by atoms with Crippen LogP contribution in [0.2, 0.25) is 0 Å². The average Bonchev–Trinajstić information content (AvgIpc) is 2.64. The van der Waals surface area contributed by atoms with Gasteiger partial charge in [-0.05, 0) is 31.1 Å². The first-order valence-corrected chi connectivity index (χ1v) is 5.38. The molecule has 0 unspecified atom stereocenters. The zero-order chi connectivity index (χ0) is 7.84. The van der Waals surface area contributed by atoms with Gasteiger partial charge in [0, 0.05) is 42.0 Å². The van der Waals surface area contributed by atoms with Crippen molar-refractivity contribution in [2.75, 3.05) is 13.1 Å². The molecule has 1 saturated carbocycles. The summed E-state index contributed by atoms with van der Waals surface area (Å²) in [6.07, 6.45) is 4.19. The van der Waals surface area contributed by atoms with E-state index >= 15 is 0 Å². The number of hydrogen-bond donors (Lipinski definition) is 1. The van der Waals surface area contributed by atoms with Crippen LogP contribution in [-0.2, 0) is 0 Å². The monoisotopic (exact) mass is 266 g/mol. The van der Waals surface area contributed by atoms with Crippen molar-refractivity contribution >= 4 is 22.9 Å². The molecule has 0 amide bonds. The van der Waals surface area contributed by atoms with Crippen molar-refractivity contribution in [1.82, 2.24) is 3.11 Å². The summed E-state index contributed by atoms with van der Waals surface area (Å²) < 4.78 is 2.36. The quantitative estimate of drug-likeness (QED) is 0.574. The Morgan fingerprint density at radius 1 is 1.18 bits per heavy atom. The Bertz CT molecular complexity index is 137. The van der Waals surface area contributed by atoms with E-state index in [0.717, 1.165) is 18.4 Å². The minimum Gasteiger partial charge on any atom is -0.327 e. The molecule has 2 aliphatic rings. The second kappa shape index (κ2) is 3.18. The van der Waals surface area contributed by atoms with Gasteiger partial charge in [-0.2, -0.15) is 0 Å². The summed E-state index contributed by atoms with van der Waals surface area (Å²) in [7, 11) is 0. The van der Waals surface area contributed by atoms with Crippen molar-refractivity contribution in [1.29, 1.82) is 0 Å². The summed E-state index contributed by atoms with van der Waals surface area (Å²) >= 11 is 2.40. The molecule has 1 aliphatic heterocycles. The van der Waals surface area contributed by atoms with Crippen LogP contribution in [0.5, 0.6) is 0 Å². The zero-order valence-electron chi connectivity index (χ0n) is 6.67. The molecule has 1 saturated heterocycles. The smallest absolute Gasteiger partial charge is 0.0233 e. The van der Waals surface area contributed by atoms with Gasteiger partial charge in [-0.15, -0.1) is 0 Å². The minimum absolute atomic E-state index is 0.436. The standard InChI is InChI=1S/C8H15IN2/c9-11-4-7(6-1-2-6)3-8(10)5-11/h6-8H,1-5,10H2/t7-,8+/m1/s1. The van der Waals surface area contributed by atoms with Crippen LogP contribution in [0, 0.1) is 11.8 Å². The molecule has 0 radical (unpaired) electrons. The highest BCUT2D eigenvalue weighted by atomic mass is 127. The number of rotatable bonds is 1. The summed E-state index contributed by atoms with van der Waals surface area (Å²) in [5.74, 6) is 1.94. The highest BCUT2D eigenvalue weighted by Gasteiger charge is 2.35. The van der Waals surface area contributed by atoms with E-state index in [0.29, 0.717) is 6.04 Å². The Morgan fingerprint density at radius 3 is 2.45 bits per heavy atom. The van der Waals surface area contributed by atoms with Crippen molar-refractivity contribution < 1.29 is 0 Å². The van der Waals surface area contributed by atoms with Crippen molar-refractivity contribution in [3.63, 3.8) is 0 Å². The van der Waals surface area contributed by atoms with Gasteiger partial charge in [0.1, 0.15) is 0 Å². The van der Waals surface area contributed by atoms with E-state index in [9.17, 15) is 0 Å². The van der Waals surface area contributed by atoms with E-state index in [1.54, 1.807) is 0 Å². The molecule has 3 heteroatoms. The van der Waals surface area contributed by atoms with Gasteiger partial charge in [0.2, 0.25) is 0 Å². The fourth-order valence-corrected chi connectivity index (χ4v) is 3.04. The van der Waals surface area contributed by atoms with Gasteiger partial charge in [-0.3, -0.25) is 0 Å². The van der Waals surface area contributed by atoms with Gasteiger partial charge in [0.05, 0.1) is 0 Å². The Kier molecular flexibility index (Phi) is 2.39. The van der Waals surface area contributed by atoms with Gasteiger partial charge in [0.25, 0.3) is 0 Å². The van der Waals surface area contributed by atoms with E-state index in [-0.39, 0.29) is 0 Å². The van der Waals surface area contributed by atoms with Crippen LogP contribution < -0.4 is 5.73 Å². The first kappa shape index (κ1) is 8.26. The molecule has 2 N–H and O–H groups in total. The number of piperidine rings is 1. The van der Waals surface area contributed by atoms with Crippen LogP contribution >= 0.6 is 22.9 Å². The molecule has 1 aliphatic carbocycles. The van der Waals surface area contributed by atoms with E-state index < -0.39 is 0 Å². The van der Waals surface area contributed by atoms with Crippen LogP contribution in [0.3, 0.4) is 0 Å². The summed E-state index contributed by atoms with van der Waals surface area (Å²) in [6, 6.07) is 0.436. The van der Waals surface area contributed by atoms with E-state index in [4.69, 9.17) is 5.73 Å². The highest BCUT2D eigenvalue weighted by Crippen LogP contribution is 2.41. The third-order valence-corrected chi connectivity index (χ3v) is 3.55. The second-order valence-corrected chi connectivity index (χ2v) is 5.29. The van der Waals surface area contributed by atoms with Gasteiger partial charge in [-0.1, -0.05) is 0 Å². The van der Waals surface area contributed by atoms with Crippen molar-refractivity contribution in [3.05, 3.63) is 0 Å². The molecule has 64 valence electrons. The predicted molar refractivity (Wildman–Crippen MR) is 54.4 cm³/mol. The van der Waals surface area contributed by atoms with Gasteiger partial charge in [-0.25, -0.2) is 3.11 Å². The molecule has 11 heavy (non-hydrogen) atoms. The topological polar surface area (TPSA) is 29.3 Å². The minimum atomic E-state index is 0.436. The Hall–Kier alpha value is 0.650. The lowest BCUT2D eigenvalue weighted by Crippen LogP contribution is -2.43. The third-order valence-electron chi connectivity index (χ3n) is 2.76. The Morgan fingerprint density at radius 2 is 1.91 bits per heavy atom. The van der Waals surface area contributed by atoms with Crippen LogP contribution in [0.4, 0.5) is 0 Å². The molecule has 0 bridgehead atoms. The first-order chi connectivity index (χ1) is 5.25. The zero-order valence-corrected chi connectivity index (χ0v) is 8.83. The van der Waals surface area contributed by atoms with Gasteiger partial charge < -0.3 is 5.73 Å². The molecule has 2 nitrogen and oxygen atoms in total. The van der Waals surface area contributed by atoms with Gasteiger partial charge in [0.15, 0.2) is 0 Å². The molecule has 0 spiro atoms. The number of hydrogen-bond acceptors (Lipinski definition) is 2. The molecule has 0 aromatic heterocycles.